The standard InChI is InChI=1S/C17H21F3N4O.2ClH/c1-10(2)24-14-6-5-11(8-13(14)23-16(24)17(18,19)20)15(25)22-9-12-4-3-7-21-12;;/h5-6,8,10,12,21H,3-4,7,9H2,1-2H3,(H,22,25);2*1H. The number of fused-ring (bicyclic) bond motifs is 1. The fourth-order valence-corrected chi connectivity index (χ4v) is 3.21. The van der Waals surface area contributed by atoms with Crippen LogP contribution in [0, 0.1) is 0 Å². The Bertz CT molecular complexity index is 786. The molecule has 27 heavy (non-hydrogen) atoms. The molecule has 1 aromatic heterocycles. The number of amides is 1. The van der Waals surface area contributed by atoms with E-state index < -0.39 is 18.0 Å². The second-order valence-electron chi connectivity index (χ2n) is 6.60. The van der Waals surface area contributed by atoms with Crippen molar-refractivity contribution in [2.75, 3.05) is 13.1 Å². The van der Waals surface area contributed by atoms with Gasteiger partial charge in [-0.2, -0.15) is 13.2 Å². The van der Waals surface area contributed by atoms with Crippen molar-refractivity contribution in [2.24, 2.45) is 0 Å². The van der Waals surface area contributed by atoms with E-state index in [0.717, 1.165) is 24.0 Å². The highest BCUT2D eigenvalue weighted by Crippen LogP contribution is 2.33. The van der Waals surface area contributed by atoms with Crippen LogP contribution in [-0.2, 0) is 6.18 Å². The molecule has 152 valence electrons. The first-order valence-corrected chi connectivity index (χ1v) is 8.38. The second-order valence-corrected chi connectivity index (χ2v) is 6.60. The topological polar surface area (TPSA) is 59.0 Å². The summed E-state index contributed by atoms with van der Waals surface area (Å²) in [7, 11) is 0. The zero-order valence-corrected chi connectivity index (χ0v) is 16.6. The van der Waals surface area contributed by atoms with Crippen LogP contribution in [-0.4, -0.2) is 34.6 Å². The summed E-state index contributed by atoms with van der Waals surface area (Å²) in [5.41, 5.74) is 0.858. The number of rotatable bonds is 4. The van der Waals surface area contributed by atoms with Crippen molar-refractivity contribution >= 4 is 41.8 Å². The molecule has 1 amide bonds. The van der Waals surface area contributed by atoms with Gasteiger partial charge >= 0.3 is 6.18 Å². The van der Waals surface area contributed by atoms with E-state index in [1.807, 2.05) is 0 Å². The average Bonchev–Trinajstić information content (AvgIpc) is 3.18. The summed E-state index contributed by atoms with van der Waals surface area (Å²) in [5, 5.41) is 6.10. The minimum Gasteiger partial charge on any atom is -0.350 e. The molecule has 1 unspecified atom stereocenters. The number of carbonyl (C=O) groups is 1. The van der Waals surface area contributed by atoms with Gasteiger partial charge in [-0.05, 0) is 51.4 Å². The van der Waals surface area contributed by atoms with Crippen LogP contribution in [0.15, 0.2) is 18.2 Å². The molecule has 2 heterocycles. The zero-order chi connectivity index (χ0) is 18.2. The first kappa shape index (κ1) is 23.5. The van der Waals surface area contributed by atoms with Crippen molar-refractivity contribution in [3.63, 3.8) is 0 Å². The Labute approximate surface area is 167 Å². The smallest absolute Gasteiger partial charge is 0.350 e. The average molecular weight is 427 g/mol. The van der Waals surface area contributed by atoms with E-state index in [0.29, 0.717) is 17.6 Å². The fraction of sp³-hybridized carbons (Fsp3) is 0.529. The van der Waals surface area contributed by atoms with Gasteiger partial charge < -0.3 is 15.2 Å². The van der Waals surface area contributed by atoms with Crippen LogP contribution in [0.5, 0.6) is 0 Å². The van der Waals surface area contributed by atoms with E-state index in [2.05, 4.69) is 15.6 Å². The van der Waals surface area contributed by atoms with E-state index in [9.17, 15) is 18.0 Å². The quantitative estimate of drug-likeness (QED) is 0.777. The van der Waals surface area contributed by atoms with Gasteiger partial charge in [0.15, 0.2) is 0 Å². The van der Waals surface area contributed by atoms with E-state index >= 15 is 0 Å². The largest absolute Gasteiger partial charge is 0.449 e. The summed E-state index contributed by atoms with van der Waals surface area (Å²) in [4.78, 5) is 16.0. The Balaban J connectivity index is 0.00000182. The maximum absolute atomic E-state index is 13.2. The fourth-order valence-electron chi connectivity index (χ4n) is 3.21. The van der Waals surface area contributed by atoms with Crippen LogP contribution in [0.1, 0.15) is 48.9 Å². The number of aromatic nitrogens is 2. The molecule has 0 aliphatic carbocycles. The Morgan fingerprint density at radius 2 is 2.07 bits per heavy atom. The molecule has 1 atom stereocenters. The van der Waals surface area contributed by atoms with E-state index in [1.54, 1.807) is 19.9 Å². The number of imidazole rings is 1. The van der Waals surface area contributed by atoms with Crippen molar-refractivity contribution in [3.05, 3.63) is 29.6 Å². The summed E-state index contributed by atoms with van der Waals surface area (Å²) >= 11 is 0. The first-order valence-electron chi connectivity index (χ1n) is 8.38. The summed E-state index contributed by atoms with van der Waals surface area (Å²) in [5.74, 6) is -1.24. The predicted molar refractivity (Wildman–Crippen MR) is 103 cm³/mol. The molecule has 3 rings (SSSR count). The maximum Gasteiger partial charge on any atom is 0.449 e. The third-order valence-corrected chi connectivity index (χ3v) is 4.39. The molecule has 5 nitrogen and oxygen atoms in total. The Morgan fingerprint density at radius 3 is 2.63 bits per heavy atom. The highest BCUT2D eigenvalue weighted by molar-refractivity contribution is 5.97. The normalized spacial score (nSPS) is 16.9. The van der Waals surface area contributed by atoms with Crippen molar-refractivity contribution in [3.8, 4) is 0 Å². The van der Waals surface area contributed by atoms with Crippen LogP contribution in [0.4, 0.5) is 13.2 Å². The summed E-state index contributed by atoms with van der Waals surface area (Å²) in [6, 6.07) is 4.35. The third kappa shape index (κ3) is 5.06. The van der Waals surface area contributed by atoms with Crippen LogP contribution in [0.2, 0.25) is 0 Å². The SMILES string of the molecule is CC(C)n1c(C(F)(F)F)nc2cc(C(=O)NCC3CCCN3)ccc21.Cl.Cl. The predicted octanol–water partition coefficient (Wildman–Crippen LogP) is 3.96. The van der Waals surface area contributed by atoms with Crippen molar-refractivity contribution < 1.29 is 18.0 Å². The van der Waals surface area contributed by atoms with Gasteiger partial charge in [0.2, 0.25) is 5.82 Å². The lowest BCUT2D eigenvalue weighted by Gasteiger charge is -2.14. The summed E-state index contributed by atoms with van der Waals surface area (Å²) in [6.07, 6.45) is -2.45. The molecule has 1 aromatic carbocycles. The van der Waals surface area contributed by atoms with E-state index in [1.165, 1.54) is 12.1 Å². The number of alkyl halides is 3. The zero-order valence-electron chi connectivity index (χ0n) is 15.0. The number of hydrogen-bond acceptors (Lipinski definition) is 3. The molecule has 1 aliphatic rings. The monoisotopic (exact) mass is 426 g/mol. The molecule has 0 radical (unpaired) electrons. The molecule has 10 heteroatoms. The van der Waals surface area contributed by atoms with Crippen LogP contribution < -0.4 is 10.6 Å². The van der Waals surface area contributed by atoms with Gasteiger partial charge in [-0.15, -0.1) is 24.8 Å². The molecule has 1 fully saturated rings. The lowest BCUT2D eigenvalue weighted by Crippen LogP contribution is -2.37. The highest BCUT2D eigenvalue weighted by Gasteiger charge is 2.38. The number of nitrogens with zero attached hydrogens (tertiary/aromatic N) is 2. The van der Waals surface area contributed by atoms with Gasteiger partial charge in [0, 0.05) is 24.2 Å². The number of benzene rings is 1. The van der Waals surface area contributed by atoms with Crippen molar-refractivity contribution in [1.29, 1.82) is 0 Å². The second kappa shape index (κ2) is 9.12. The molecule has 0 bridgehead atoms. The molecular weight excluding hydrogens is 404 g/mol. The lowest BCUT2D eigenvalue weighted by atomic mass is 10.1. The first-order chi connectivity index (χ1) is 11.8. The van der Waals surface area contributed by atoms with E-state index in [4.69, 9.17) is 0 Å². The van der Waals surface area contributed by atoms with Gasteiger partial charge in [0.1, 0.15) is 0 Å². The molecule has 1 aliphatic heterocycles. The van der Waals surface area contributed by atoms with Crippen LogP contribution in [0.25, 0.3) is 11.0 Å². The van der Waals surface area contributed by atoms with Gasteiger partial charge in [-0.3, -0.25) is 4.79 Å². The van der Waals surface area contributed by atoms with Gasteiger partial charge in [-0.1, -0.05) is 0 Å². The highest BCUT2D eigenvalue weighted by atomic mass is 35.5. The number of carbonyl (C=O) groups excluding carboxylic acids is 1. The lowest BCUT2D eigenvalue weighted by molar-refractivity contribution is -0.147. The van der Waals surface area contributed by atoms with Crippen molar-refractivity contribution in [2.45, 2.75) is 44.9 Å². The maximum atomic E-state index is 13.2. The third-order valence-electron chi connectivity index (χ3n) is 4.39. The number of hydrogen-bond donors (Lipinski definition) is 2. The molecule has 2 aromatic rings. The molecule has 2 N–H and O–H groups in total. The van der Waals surface area contributed by atoms with Gasteiger partial charge in [0.05, 0.1) is 11.0 Å². The minimum absolute atomic E-state index is 0. The molecular formula is C17H23Cl2F3N4O. The summed E-state index contributed by atoms with van der Waals surface area (Å²) in [6.45, 7) is 4.79. The number of halogens is 5. The Morgan fingerprint density at radius 1 is 1.37 bits per heavy atom. The molecule has 0 spiro atoms. The van der Waals surface area contributed by atoms with Crippen molar-refractivity contribution in [1.82, 2.24) is 20.2 Å². The van der Waals surface area contributed by atoms with E-state index in [-0.39, 0.29) is 42.3 Å². The number of nitrogens with one attached hydrogen (secondary N) is 2. The van der Waals surface area contributed by atoms with Gasteiger partial charge in [0.25, 0.3) is 5.91 Å². The Kier molecular flexibility index (Phi) is 7.95. The minimum atomic E-state index is -4.54. The molecule has 1 saturated heterocycles. The molecule has 0 saturated carbocycles. The van der Waals surface area contributed by atoms with Crippen LogP contribution >= 0.6 is 24.8 Å². The van der Waals surface area contributed by atoms with Crippen LogP contribution in [0.3, 0.4) is 0 Å². The summed E-state index contributed by atoms with van der Waals surface area (Å²) < 4.78 is 40.8. The Hall–Kier alpha value is -1.51. The van der Waals surface area contributed by atoms with Gasteiger partial charge in [-0.25, -0.2) is 4.98 Å².